The Hall–Kier alpha value is -1.56. The number of nitrogens with zero attached hydrogens (tertiary/aromatic N) is 3. The molecule has 17 heavy (non-hydrogen) atoms. The van der Waals surface area contributed by atoms with Crippen LogP contribution in [-0.4, -0.2) is 47.3 Å². The maximum atomic E-state index is 11.9. The molecule has 0 saturated carbocycles. The fraction of sp³-hybridized carbons (Fsp3) is 0.636. The highest BCUT2D eigenvalue weighted by Crippen LogP contribution is 2.14. The summed E-state index contributed by atoms with van der Waals surface area (Å²) in [5.41, 5.74) is 6.20. The molecule has 2 rings (SSSR count). The average molecular weight is 237 g/mol. The molecular formula is C11H19N5O. The number of aromatic nitrogens is 2. The fourth-order valence-electron chi connectivity index (χ4n) is 2.15. The zero-order valence-corrected chi connectivity index (χ0v) is 10.3. The van der Waals surface area contributed by atoms with Crippen LogP contribution in [0.15, 0.2) is 6.20 Å². The predicted octanol–water partition coefficient (Wildman–Crippen LogP) is -0.316. The molecule has 1 amide bonds. The predicted molar refractivity (Wildman–Crippen MR) is 65.6 cm³/mol. The number of amides is 1. The number of rotatable bonds is 3. The monoisotopic (exact) mass is 237 g/mol. The summed E-state index contributed by atoms with van der Waals surface area (Å²) in [5, 5.41) is 6.87. The second-order valence-electron chi connectivity index (χ2n) is 4.69. The van der Waals surface area contributed by atoms with Crippen molar-refractivity contribution < 1.29 is 4.79 Å². The number of nitrogen functional groups attached to an aromatic ring is 1. The third-order valence-electron chi connectivity index (χ3n) is 3.27. The number of nitrogens with two attached hydrogens (primary N) is 1. The van der Waals surface area contributed by atoms with Crippen molar-refractivity contribution >= 4 is 11.7 Å². The molecule has 1 aliphatic rings. The highest BCUT2D eigenvalue weighted by atomic mass is 16.1. The lowest BCUT2D eigenvalue weighted by Crippen LogP contribution is -2.30. The zero-order valence-electron chi connectivity index (χ0n) is 10.3. The number of hydrogen-bond acceptors (Lipinski definition) is 4. The first-order valence-corrected chi connectivity index (χ1v) is 5.82. The average Bonchev–Trinajstić information content (AvgIpc) is 2.84. The second-order valence-corrected chi connectivity index (χ2v) is 4.69. The first kappa shape index (κ1) is 11.9. The van der Waals surface area contributed by atoms with Crippen molar-refractivity contribution in [3.63, 3.8) is 0 Å². The lowest BCUT2D eigenvalue weighted by molar-refractivity contribution is 0.0948. The van der Waals surface area contributed by atoms with Gasteiger partial charge in [0.25, 0.3) is 5.91 Å². The highest BCUT2D eigenvalue weighted by molar-refractivity contribution is 5.98. The normalized spacial score (nSPS) is 20.7. The molecule has 1 aromatic heterocycles. The summed E-state index contributed by atoms with van der Waals surface area (Å²) in [4.78, 5) is 14.1. The molecule has 0 radical (unpaired) electrons. The molecule has 0 aromatic carbocycles. The Balaban J connectivity index is 1.87. The molecule has 1 saturated heterocycles. The third kappa shape index (κ3) is 2.58. The lowest BCUT2D eigenvalue weighted by atomic mass is 10.1. The Morgan fingerprint density at radius 3 is 2.94 bits per heavy atom. The Bertz CT molecular complexity index is 414. The quantitative estimate of drug-likeness (QED) is 0.755. The summed E-state index contributed by atoms with van der Waals surface area (Å²) in [5.74, 6) is 0.818. The van der Waals surface area contributed by atoms with Gasteiger partial charge in [-0.1, -0.05) is 0 Å². The lowest BCUT2D eigenvalue weighted by Gasteiger charge is -2.11. The van der Waals surface area contributed by atoms with E-state index >= 15 is 0 Å². The molecule has 0 aliphatic carbocycles. The minimum Gasteiger partial charge on any atom is -0.383 e. The van der Waals surface area contributed by atoms with E-state index in [1.165, 1.54) is 10.9 Å². The molecule has 1 aliphatic heterocycles. The number of likely N-dealkylation sites (tertiary alicyclic amines) is 1. The molecule has 1 atom stereocenters. The Labute approximate surface area is 101 Å². The number of hydrogen-bond donors (Lipinski definition) is 2. The van der Waals surface area contributed by atoms with Crippen LogP contribution >= 0.6 is 0 Å². The van der Waals surface area contributed by atoms with Gasteiger partial charge in [0.2, 0.25) is 0 Å². The molecule has 1 unspecified atom stereocenters. The molecule has 94 valence electrons. The number of aryl methyl sites for hydroxylation is 1. The zero-order chi connectivity index (χ0) is 12.4. The van der Waals surface area contributed by atoms with Gasteiger partial charge in [0, 0.05) is 20.1 Å². The first-order valence-electron chi connectivity index (χ1n) is 5.82. The highest BCUT2D eigenvalue weighted by Gasteiger charge is 2.21. The summed E-state index contributed by atoms with van der Waals surface area (Å²) in [6, 6.07) is 0. The molecule has 1 aromatic rings. The standard InChI is InChI=1S/C11H19N5O/c1-15-4-3-8(7-15)5-13-11(17)9-6-14-16(2)10(9)12/h6,8H,3-5,7,12H2,1-2H3,(H,13,17). The summed E-state index contributed by atoms with van der Waals surface area (Å²) < 4.78 is 1.50. The van der Waals surface area contributed by atoms with Gasteiger partial charge in [-0.25, -0.2) is 0 Å². The van der Waals surface area contributed by atoms with Crippen LogP contribution in [0.5, 0.6) is 0 Å². The van der Waals surface area contributed by atoms with Crippen molar-refractivity contribution in [2.24, 2.45) is 13.0 Å². The van der Waals surface area contributed by atoms with E-state index in [0.29, 0.717) is 23.8 Å². The van der Waals surface area contributed by atoms with Crippen LogP contribution in [0.25, 0.3) is 0 Å². The molecule has 0 bridgehead atoms. The summed E-state index contributed by atoms with van der Waals surface area (Å²) in [7, 11) is 3.82. The molecule has 1 fully saturated rings. The number of carbonyl (C=O) groups excluding carboxylic acids is 1. The van der Waals surface area contributed by atoms with Gasteiger partial charge in [-0.05, 0) is 25.9 Å². The maximum absolute atomic E-state index is 11.9. The van der Waals surface area contributed by atoms with Crippen molar-refractivity contribution in [3.05, 3.63) is 11.8 Å². The van der Waals surface area contributed by atoms with Gasteiger partial charge in [0.1, 0.15) is 11.4 Å². The van der Waals surface area contributed by atoms with E-state index in [-0.39, 0.29) is 5.91 Å². The number of nitrogens with one attached hydrogen (secondary N) is 1. The number of carbonyl (C=O) groups is 1. The number of anilines is 1. The van der Waals surface area contributed by atoms with Crippen LogP contribution < -0.4 is 11.1 Å². The van der Waals surface area contributed by atoms with E-state index in [2.05, 4.69) is 22.4 Å². The van der Waals surface area contributed by atoms with Gasteiger partial charge in [-0.15, -0.1) is 0 Å². The van der Waals surface area contributed by atoms with E-state index in [9.17, 15) is 4.79 Å². The smallest absolute Gasteiger partial charge is 0.256 e. The Morgan fingerprint density at radius 2 is 2.41 bits per heavy atom. The van der Waals surface area contributed by atoms with Gasteiger partial charge < -0.3 is 16.0 Å². The van der Waals surface area contributed by atoms with Crippen molar-refractivity contribution in [1.29, 1.82) is 0 Å². The molecule has 3 N–H and O–H groups in total. The van der Waals surface area contributed by atoms with Crippen molar-refractivity contribution in [2.45, 2.75) is 6.42 Å². The summed E-state index contributed by atoms with van der Waals surface area (Å²) in [6.45, 7) is 2.86. The van der Waals surface area contributed by atoms with Gasteiger partial charge in [0.15, 0.2) is 0 Å². The summed E-state index contributed by atoms with van der Waals surface area (Å²) in [6.07, 6.45) is 2.64. The van der Waals surface area contributed by atoms with Crippen molar-refractivity contribution in [2.75, 3.05) is 32.4 Å². The minimum atomic E-state index is -0.134. The summed E-state index contributed by atoms with van der Waals surface area (Å²) >= 11 is 0. The molecule has 2 heterocycles. The van der Waals surface area contributed by atoms with E-state index in [1.54, 1.807) is 7.05 Å². The van der Waals surface area contributed by atoms with Crippen LogP contribution in [0.1, 0.15) is 16.8 Å². The topological polar surface area (TPSA) is 76.2 Å². The maximum Gasteiger partial charge on any atom is 0.256 e. The molecular weight excluding hydrogens is 218 g/mol. The van der Waals surface area contributed by atoms with Crippen LogP contribution in [-0.2, 0) is 7.05 Å². The van der Waals surface area contributed by atoms with Crippen LogP contribution in [0.2, 0.25) is 0 Å². The SMILES string of the molecule is CN1CCC(CNC(=O)c2cnn(C)c2N)C1. The second kappa shape index (κ2) is 4.75. The Morgan fingerprint density at radius 1 is 1.65 bits per heavy atom. The van der Waals surface area contributed by atoms with Crippen LogP contribution in [0, 0.1) is 5.92 Å². The molecule has 0 spiro atoms. The van der Waals surface area contributed by atoms with Gasteiger partial charge in [-0.2, -0.15) is 5.10 Å². The minimum absolute atomic E-state index is 0.134. The van der Waals surface area contributed by atoms with Gasteiger partial charge >= 0.3 is 0 Å². The molecule has 6 nitrogen and oxygen atoms in total. The third-order valence-corrected chi connectivity index (χ3v) is 3.27. The van der Waals surface area contributed by atoms with Crippen molar-refractivity contribution in [3.8, 4) is 0 Å². The van der Waals surface area contributed by atoms with E-state index in [0.717, 1.165) is 19.5 Å². The van der Waals surface area contributed by atoms with Gasteiger partial charge in [0.05, 0.1) is 6.20 Å². The van der Waals surface area contributed by atoms with E-state index in [1.807, 2.05) is 0 Å². The van der Waals surface area contributed by atoms with E-state index in [4.69, 9.17) is 5.73 Å². The van der Waals surface area contributed by atoms with Crippen molar-refractivity contribution in [1.82, 2.24) is 20.0 Å². The van der Waals surface area contributed by atoms with Gasteiger partial charge in [-0.3, -0.25) is 9.48 Å². The molecule has 6 heteroatoms. The Kier molecular flexibility index (Phi) is 3.33. The first-order chi connectivity index (χ1) is 8.08. The van der Waals surface area contributed by atoms with Crippen LogP contribution in [0.3, 0.4) is 0 Å². The fourth-order valence-corrected chi connectivity index (χ4v) is 2.15. The largest absolute Gasteiger partial charge is 0.383 e. The van der Waals surface area contributed by atoms with Crippen LogP contribution in [0.4, 0.5) is 5.82 Å². The van der Waals surface area contributed by atoms with E-state index < -0.39 is 0 Å².